The second kappa shape index (κ2) is 3.59. The molecule has 1 aromatic rings. The number of carbonyl (C=O) groups is 1. The maximum atomic E-state index is 11.4. The standard InChI is InChI=1S/C8H7N3OS2/c9-2-6-3-10-8(14-6)11-4-5(13)1-7(11)12/h3,5,13H,1,4H2. The molecule has 1 aliphatic heterocycles. The van der Waals surface area contributed by atoms with E-state index < -0.39 is 0 Å². The summed E-state index contributed by atoms with van der Waals surface area (Å²) in [6.07, 6.45) is 1.93. The van der Waals surface area contributed by atoms with Crippen LogP contribution >= 0.6 is 24.0 Å². The monoisotopic (exact) mass is 225 g/mol. The van der Waals surface area contributed by atoms with Crippen molar-refractivity contribution in [3.05, 3.63) is 11.1 Å². The van der Waals surface area contributed by atoms with Gasteiger partial charge in [0.15, 0.2) is 5.13 Å². The molecule has 6 heteroatoms. The Morgan fingerprint density at radius 1 is 1.79 bits per heavy atom. The summed E-state index contributed by atoms with van der Waals surface area (Å²) in [5.74, 6) is 0.0313. The molecule has 0 aliphatic carbocycles. The summed E-state index contributed by atoms with van der Waals surface area (Å²) in [6.45, 7) is 0.584. The van der Waals surface area contributed by atoms with Gasteiger partial charge in [0, 0.05) is 18.2 Å². The molecule has 72 valence electrons. The number of hydrogen-bond donors (Lipinski definition) is 1. The van der Waals surface area contributed by atoms with Gasteiger partial charge in [0.1, 0.15) is 10.9 Å². The van der Waals surface area contributed by atoms with Crippen LogP contribution in [-0.4, -0.2) is 22.7 Å². The van der Waals surface area contributed by atoms with Crippen molar-refractivity contribution in [2.75, 3.05) is 11.4 Å². The number of amides is 1. The first-order valence-electron chi connectivity index (χ1n) is 4.05. The Labute approximate surface area is 90.6 Å². The third kappa shape index (κ3) is 1.61. The Bertz CT molecular complexity index is 409. The Hall–Kier alpha value is -1.06. The minimum atomic E-state index is 0.0313. The highest BCUT2D eigenvalue weighted by atomic mass is 32.1. The molecule has 4 nitrogen and oxygen atoms in total. The normalized spacial score (nSPS) is 21.3. The van der Waals surface area contributed by atoms with Crippen LogP contribution in [0.2, 0.25) is 0 Å². The summed E-state index contributed by atoms with van der Waals surface area (Å²) < 4.78 is 0. The predicted octanol–water partition coefficient (Wildman–Crippen LogP) is 1.05. The number of thiol groups is 1. The van der Waals surface area contributed by atoms with Crippen molar-refractivity contribution in [2.45, 2.75) is 11.7 Å². The second-order valence-corrected chi connectivity index (χ2v) is 4.72. The number of anilines is 1. The Morgan fingerprint density at radius 2 is 2.57 bits per heavy atom. The zero-order valence-electron chi connectivity index (χ0n) is 7.17. The van der Waals surface area contributed by atoms with Crippen LogP contribution in [0.1, 0.15) is 11.3 Å². The number of nitriles is 1. The number of nitrogens with zero attached hydrogens (tertiary/aromatic N) is 3. The van der Waals surface area contributed by atoms with E-state index in [9.17, 15) is 4.79 Å². The summed E-state index contributed by atoms with van der Waals surface area (Å²) in [4.78, 5) is 17.6. The van der Waals surface area contributed by atoms with Crippen LogP contribution in [0.5, 0.6) is 0 Å². The van der Waals surface area contributed by atoms with Crippen molar-refractivity contribution in [3.8, 4) is 6.07 Å². The van der Waals surface area contributed by atoms with E-state index in [4.69, 9.17) is 5.26 Å². The van der Waals surface area contributed by atoms with Crippen molar-refractivity contribution in [2.24, 2.45) is 0 Å². The number of thiazole rings is 1. The van der Waals surface area contributed by atoms with E-state index in [2.05, 4.69) is 17.6 Å². The molecule has 1 saturated heterocycles. The Morgan fingerprint density at radius 3 is 3.07 bits per heavy atom. The highest BCUT2D eigenvalue weighted by Crippen LogP contribution is 2.27. The van der Waals surface area contributed by atoms with E-state index in [0.717, 1.165) is 0 Å². The summed E-state index contributed by atoms with van der Waals surface area (Å²) >= 11 is 5.48. The Balaban J connectivity index is 2.24. The molecule has 14 heavy (non-hydrogen) atoms. The highest BCUT2D eigenvalue weighted by Gasteiger charge is 2.30. The van der Waals surface area contributed by atoms with Crippen LogP contribution in [-0.2, 0) is 4.79 Å². The van der Waals surface area contributed by atoms with Gasteiger partial charge in [-0.05, 0) is 0 Å². The number of rotatable bonds is 1. The van der Waals surface area contributed by atoms with E-state index in [1.165, 1.54) is 17.5 Å². The van der Waals surface area contributed by atoms with Gasteiger partial charge in [-0.25, -0.2) is 4.98 Å². The van der Waals surface area contributed by atoms with E-state index in [1.54, 1.807) is 4.90 Å². The largest absolute Gasteiger partial charge is 0.287 e. The van der Waals surface area contributed by atoms with Crippen molar-refractivity contribution in [1.82, 2.24) is 4.98 Å². The topological polar surface area (TPSA) is 57.0 Å². The molecule has 0 saturated carbocycles. The summed E-state index contributed by atoms with van der Waals surface area (Å²) in [5, 5.41) is 9.29. The lowest BCUT2D eigenvalue weighted by Crippen LogP contribution is -2.24. The maximum absolute atomic E-state index is 11.4. The second-order valence-electron chi connectivity index (χ2n) is 2.98. The fraction of sp³-hybridized carbons (Fsp3) is 0.375. The van der Waals surface area contributed by atoms with Gasteiger partial charge >= 0.3 is 0 Å². The molecule has 1 fully saturated rings. The van der Waals surface area contributed by atoms with E-state index in [0.29, 0.717) is 23.0 Å². The van der Waals surface area contributed by atoms with E-state index in [-0.39, 0.29) is 11.2 Å². The minimum absolute atomic E-state index is 0.0313. The summed E-state index contributed by atoms with van der Waals surface area (Å²) in [6, 6.07) is 2.00. The lowest BCUT2D eigenvalue weighted by atomic mass is 10.4. The number of carbonyl (C=O) groups excluding carboxylic acids is 1. The SMILES string of the molecule is N#Cc1cnc(N2CC(S)CC2=O)s1. The van der Waals surface area contributed by atoms with Crippen LogP contribution in [0.4, 0.5) is 5.13 Å². The molecule has 1 aromatic heterocycles. The Kier molecular flexibility index (Phi) is 2.44. The van der Waals surface area contributed by atoms with Crippen molar-refractivity contribution < 1.29 is 4.79 Å². The molecule has 2 rings (SSSR count). The fourth-order valence-electron chi connectivity index (χ4n) is 1.32. The molecule has 2 heterocycles. The van der Waals surface area contributed by atoms with Crippen LogP contribution in [0, 0.1) is 11.3 Å². The first-order valence-corrected chi connectivity index (χ1v) is 5.38. The minimum Gasteiger partial charge on any atom is -0.287 e. The third-order valence-corrected chi connectivity index (χ3v) is 3.21. The van der Waals surface area contributed by atoms with Crippen LogP contribution in [0.25, 0.3) is 0 Å². The molecule has 0 radical (unpaired) electrons. The van der Waals surface area contributed by atoms with Gasteiger partial charge in [0.25, 0.3) is 0 Å². The van der Waals surface area contributed by atoms with Gasteiger partial charge in [-0.2, -0.15) is 17.9 Å². The maximum Gasteiger partial charge on any atom is 0.229 e. The van der Waals surface area contributed by atoms with Gasteiger partial charge < -0.3 is 0 Å². The zero-order chi connectivity index (χ0) is 10.1. The van der Waals surface area contributed by atoms with Crippen molar-refractivity contribution >= 4 is 35.0 Å². The average molecular weight is 225 g/mol. The highest BCUT2D eigenvalue weighted by molar-refractivity contribution is 7.81. The lowest BCUT2D eigenvalue weighted by molar-refractivity contribution is -0.117. The van der Waals surface area contributed by atoms with Crippen LogP contribution in [0.15, 0.2) is 6.20 Å². The lowest BCUT2D eigenvalue weighted by Gasteiger charge is -2.10. The molecule has 0 spiro atoms. The first-order chi connectivity index (χ1) is 6.70. The molecular weight excluding hydrogens is 218 g/mol. The average Bonchev–Trinajstić information content (AvgIpc) is 2.71. The molecule has 1 atom stereocenters. The van der Waals surface area contributed by atoms with Crippen LogP contribution in [0.3, 0.4) is 0 Å². The van der Waals surface area contributed by atoms with Gasteiger partial charge in [0.05, 0.1) is 6.20 Å². The van der Waals surface area contributed by atoms with Gasteiger partial charge in [-0.15, -0.1) is 0 Å². The third-order valence-electron chi connectivity index (χ3n) is 1.94. The predicted molar refractivity (Wildman–Crippen MR) is 56.6 cm³/mol. The zero-order valence-corrected chi connectivity index (χ0v) is 8.89. The van der Waals surface area contributed by atoms with Crippen molar-refractivity contribution in [1.29, 1.82) is 5.26 Å². The molecule has 0 N–H and O–H groups in total. The molecule has 1 unspecified atom stereocenters. The number of hydrogen-bond acceptors (Lipinski definition) is 5. The molecule has 0 bridgehead atoms. The van der Waals surface area contributed by atoms with E-state index in [1.807, 2.05) is 6.07 Å². The fourth-order valence-corrected chi connectivity index (χ4v) is 2.37. The quantitative estimate of drug-likeness (QED) is 0.727. The number of aromatic nitrogens is 1. The molecular formula is C8H7N3OS2. The molecule has 0 aromatic carbocycles. The van der Waals surface area contributed by atoms with E-state index >= 15 is 0 Å². The van der Waals surface area contributed by atoms with Gasteiger partial charge in [-0.1, -0.05) is 11.3 Å². The van der Waals surface area contributed by atoms with Gasteiger partial charge in [-0.3, -0.25) is 9.69 Å². The molecule has 1 amide bonds. The van der Waals surface area contributed by atoms with Gasteiger partial charge in [0.2, 0.25) is 5.91 Å². The van der Waals surface area contributed by atoms with Crippen molar-refractivity contribution in [3.63, 3.8) is 0 Å². The smallest absolute Gasteiger partial charge is 0.229 e. The molecule has 1 aliphatic rings. The first kappa shape index (κ1) is 9.49. The summed E-state index contributed by atoms with van der Waals surface area (Å²) in [5.41, 5.74) is 0. The summed E-state index contributed by atoms with van der Waals surface area (Å²) in [7, 11) is 0. The van der Waals surface area contributed by atoms with Crippen LogP contribution < -0.4 is 4.90 Å².